The zero-order valence-corrected chi connectivity index (χ0v) is 12.9. The number of sulfone groups is 1. The van der Waals surface area contributed by atoms with E-state index in [2.05, 4.69) is 6.92 Å². The fourth-order valence-electron chi connectivity index (χ4n) is 2.54. The van der Waals surface area contributed by atoms with Crippen molar-refractivity contribution >= 4 is 15.7 Å². The topological polar surface area (TPSA) is 80.5 Å². The average Bonchev–Trinajstić information content (AvgIpc) is 2.34. The standard InChI is InChI=1S/C13H26N2O3S/c1-10-4-6-11(7-5-10)15(2)13(16)12(14)8-9-19(3,17)18/h10-12H,4-9,14H2,1-3H3. The van der Waals surface area contributed by atoms with Crippen molar-refractivity contribution in [3.05, 3.63) is 0 Å². The lowest BCUT2D eigenvalue weighted by Crippen LogP contribution is -2.48. The minimum atomic E-state index is -3.06. The molecule has 1 aliphatic carbocycles. The van der Waals surface area contributed by atoms with E-state index in [0.29, 0.717) is 0 Å². The summed E-state index contributed by atoms with van der Waals surface area (Å²) < 4.78 is 22.2. The van der Waals surface area contributed by atoms with Crippen molar-refractivity contribution in [2.45, 2.75) is 51.1 Å². The maximum atomic E-state index is 12.1. The normalized spacial score (nSPS) is 25.9. The summed E-state index contributed by atoms with van der Waals surface area (Å²) in [5.74, 6) is 0.567. The first kappa shape index (κ1) is 16.4. The number of hydrogen-bond donors (Lipinski definition) is 1. The van der Waals surface area contributed by atoms with E-state index < -0.39 is 15.9 Å². The van der Waals surface area contributed by atoms with Crippen molar-refractivity contribution < 1.29 is 13.2 Å². The molecular formula is C13H26N2O3S. The molecule has 0 saturated heterocycles. The van der Waals surface area contributed by atoms with E-state index in [0.717, 1.165) is 37.9 Å². The number of rotatable bonds is 5. The second-order valence-corrected chi connectivity index (χ2v) is 8.15. The summed E-state index contributed by atoms with van der Waals surface area (Å²) in [6, 6.07) is -0.452. The van der Waals surface area contributed by atoms with Crippen molar-refractivity contribution in [1.82, 2.24) is 4.90 Å². The van der Waals surface area contributed by atoms with Crippen molar-refractivity contribution in [2.24, 2.45) is 11.7 Å². The zero-order valence-electron chi connectivity index (χ0n) is 12.1. The van der Waals surface area contributed by atoms with E-state index in [1.54, 1.807) is 11.9 Å². The van der Waals surface area contributed by atoms with Crippen LogP contribution in [0.4, 0.5) is 0 Å². The van der Waals surface area contributed by atoms with E-state index in [1.807, 2.05) is 0 Å². The molecule has 0 bridgehead atoms. The fraction of sp³-hybridized carbons (Fsp3) is 0.923. The molecule has 1 rings (SSSR count). The summed E-state index contributed by atoms with van der Waals surface area (Å²) in [7, 11) is -1.28. The smallest absolute Gasteiger partial charge is 0.239 e. The van der Waals surface area contributed by atoms with Crippen molar-refractivity contribution in [3.8, 4) is 0 Å². The van der Waals surface area contributed by atoms with Crippen LogP contribution in [-0.2, 0) is 14.6 Å². The summed E-state index contributed by atoms with van der Waals surface area (Å²) >= 11 is 0. The van der Waals surface area contributed by atoms with Gasteiger partial charge in [0, 0.05) is 19.3 Å². The highest BCUT2D eigenvalue weighted by molar-refractivity contribution is 7.90. The second-order valence-electron chi connectivity index (χ2n) is 5.89. The number of carbonyl (C=O) groups excluding carboxylic acids is 1. The van der Waals surface area contributed by atoms with Gasteiger partial charge in [0.15, 0.2) is 0 Å². The zero-order chi connectivity index (χ0) is 14.6. The number of carbonyl (C=O) groups is 1. The lowest BCUT2D eigenvalue weighted by Gasteiger charge is -2.34. The first-order valence-electron chi connectivity index (χ1n) is 6.90. The van der Waals surface area contributed by atoms with Gasteiger partial charge in [0.1, 0.15) is 9.84 Å². The molecule has 0 aromatic heterocycles. The molecule has 19 heavy (non-hydrogen) atoms. The van der Waals surface area contributed by atoms with Gasteiger partial charge in [-0.15, -0.1) is 0 Å². The molecule has 0 radical (unpaired) electrons. The van der Waals surface area contributed by atoms with Gasteiger partial charge < -0.3 is 10.6 Å². The van der Waals surface area contributed by atoms with Gasteiger partial charge in [0.2, 0.25) is 5.91 Å². The molecule has 0 aromatic rings. The van der Waals surface area contributed by atoms with Crippen LogP contribution in [0.5, 0.6) is 0 Å². The highest BCUT2D eigenvalue weighted by atomic mass is 32.2. The molecular weight excluding hydrogens is 264 g/mol. The van der Waals surface area contributed by atoms with Crippen LogP contribution in [-0.4, -0.2) is 50.4 Å². The van der Waals surface area contributed by atoms with E-state index in [9.17, 15) is 13.2 Å². The van der Waals surface area contributed by atoms with Gasteiger partial charge in [0.25, 0.3) is 0 Å². The lowest BCUT2D eigenvalue weighted by molar-refractivity contribution is -0.134. The summed E-state index contributed by atoms with van der Waals surface area (Å²) in [6.45, 7) is 2.23. The van der Waals surface area contributed by atoms with Gasteiger partial charge in [-0.25, -0.2) is 8.42 Å². The van der Waals surface area contributed by atoms with Crippen LogP contribution >= 0.6 is 0 Å². The molecule has 1 aliphatic rings. The van der Waals surface area contributed by atoms with E-state index in [4.69, 9.17) is 5.73 Å². The Morgan fingerprint density at radius 1 is 1.32 bits per heavy atom. The van der Waals surface area contributed by atoms with Crippen LogP contribution in [0.3, 0.4) is 0 Å². The summed E-state index contributed by atoms with van der Waals surface area (Å²) in [6.07, 6.45) is 5.67. The predicted octanol–water partition coefficient (Wildman–Crippen LogP) is 0.786. The summed E-state index contributed by atoms with van der Waals surface area (Å²) in [5.41, 5.74) is 5.80. The van der Waals surface area contributed by atoms with Gasteiger partial charge >= 0.3 is 0 Å². The second kappa shape index (κ2) is 6.70. The summed E-state index contributed by atoms with van der Waals surface area (Å²) in [5, 5.41) is 0. The number of amides is 1. The third-order valence-electron chi connectivity index (χ3n) is 4.00. The van der Waals surface area contributed by atoms with Gasteiger partial charge in [-0.1, -0.05) is 6.92 Å². The SMILES string of the molecule is CC1CCC(N(C)C(=O)C(N)CCS(C)(=O)=O)CC1. The van der Waals surface area contributed by atoms with Crippen LogP contribution in [0, 0.1) is 5.92 Å². The highest BCUT2D eigenvalue weighted by Gasteiger charge is 2.27. The Balaban J connectivity index is 2.47. The molecule has 1 saturated carbocycles. The highest BCUT2D eigenvalue weighted by Crippen LogP contribution is 2.26. The third-order valence-corrected chi connectivity index (χ3v) is 4.97. The summed E-state index contributed by atoms with van der Waals surface area (Å²) in [4.78, 5) is 13.9. The first-order chi connectivity index (χ1) is 8.70. The first-order valence-corrected chi connectivity index (χ1v) is 8.96. The Morgan fingerprint density at radius 3 is 2.32 bits per heavy atom. The van der Waals surface area contributed by atoms with Crippen molar-refractivity contribution in [1.29, 1.82) is 0 Å². The van der Waals surface area contributed by atoms with Crippen LogP contribution in [0.2, 0.25) is 0 Å². The molecule has 1 unspecified atom stereocenters. The van der Waals surface area contributed by atoms with Gasteiger partial charge in [-0.2, -0.15) is 0 Å². The molecule has 112 valence electrons. The van der Waals surface area contributed by atoms with E-state index >= 15 is 0 Å². The van der Waals surface area contributed by atoms with E-state index in [-0.39, 0.29) is 24.1 Å². The molecule has 0 aromatic carbocycles. The Labute approximate surface area is 116 Å². The molecule has 0 heterocycles. The Hall–Kier alpha value is -0.620. The number of nitrogens with two attached hydrogens (primary N) is 1. The average molecular weight is 290 g/mol. The molecule has 2 N–H and O–H groups in total. The molecule has 5 nitrogen and oxygen atoms in total. The molecule has 1 atom stereocenters. The van der Waals surface area contributed by atoms with Gasteiger partial charge in [-0.3, -0.25) is 4.79 Å². The molecule has 1 amide bonds. The predicted molar refractivity (Wildman–Crippen MR) is 76.5 cm³/mol. The fourth-order valence-corrected chi connectivity index (χ4v) is 3.22. The van der Waals surface area contributed by atoms with Gasteiger partial charge in [-0.05, 0) is 38.0 Å². The van der Waals surface area contributed by atoms with Gasteiger partial charge in [0.05, 0.1) is 11.8 Å². The van der Waals surface area contributed by atoms with E-state index in [1.165, 1.54) is 0 Å². The Bertz CT molecular complexity index is 400. The van der Waals surface area contributed by atoms with Crippen molar-refractivity contribution in [2.75, 3.05) is 19.1 Å². The molecule has 1 fully saturated rings. The molecule has 0 spiro atoms. The lowest BCUT2D eigenvalue weighted by atomic mass is 9.86. The largest absolute Gasteiger partial charge is 0.341 e. The Kier molecular flexibility index (Phi) is 5.80. The number of nitrogens with zero attached hydrogens (tertiary/aromatic N) is 1. The minimum Gasteiger partial charge on any atom is -0.341 e. The maximum absolute atomic E-state index is 12.1. The maximum Gasteiger partial charge on any atom is 0.239 e. The van der Waals surface area contributed by atoms with Crippen LogP contribution in [0.1, 0.15) is 39.0 Å². The minimum absolute atomic E-state index is 0.0323. The third kappa shape index (κ3) is 5.48. The monoisotopic (exact) mass is 290 g/mol. The van der Waals surface area contributed by atoms with Crippen LogP contribution in [0.15, 0.2) is 0 Å². The molecule has 6 heteroatoms. The van der Waals surface area contributed by atoms with Crippen LogP contribution < -0.4 is 5.73 Å². The Morgan fingerprint density at radius 2 is 1.84 bits per heavy atom. The quantitative estimate of drug-likeness (QED) is 0.811. The number of likely N-dealkylation sites (N-methyl/N-ethyl adjacent to an activating group) is 1. The molecule has 0 aliphatic heterocycles. The number of hydrogen-bond acceptors (Lipinski definition) is 4. The van der Waals surface area contributed by atoms with Crippen molar-refractivity contribution in [3.63, 3.8) is 0 Å². The van der Waals surface area contributed by atoms with Crippen LogP contribution in [0.25, 0.3) is 0 Å².